The van der Waals surface area contributed by atoms with Crippen LogP contribution in [0.1, 0.15) is 5.56 Å². The summed E-state index contributed by atoms with van der Waals surface area (Å²) in [6.45, 7) is 0. The molecule has 0 amide bonds. The second kappa shape index (κ2) is 8.09. The topological polar surface area (TPSA) is 80.6 Å². The van der Waals surface area contributed by atoms with E-state index in [0.717, 1.165) is 5.39 Å². The highest BCUT2D eigenvalue weighted by atomic mass is 79.9. The molecule has 0 saturated carbocycles. The van der Waals surface area contributed by atoms with Crippen molar-refractivity contribution in [2.24, 2.45) is 5.10 Å². The third kappa shape index (κ3) is 3.68. The Morgan fingerprint density at radius 3 is 2.72 bits per heavy atom. The summed E-state index contributed by atoms with van der Waals surface area (Å²) in [6, 6.07) is 17.2. The van der Waals surface area contributed by atoms with Gasteiger partial charge in [0.25, 0.3) is 5.56 Å². The van der Waals surface area contributed by atoms with Gasteiger partial charge in [0.15, 0.2) is 5.76 Å². The predicted molar refractivity (Wildman–Crippen MR) is 130 cm³/mol. The number of phenols is 1. The molecule has 0 aliphatic heterocycles. The summed E-state index contributed by atoms with van der Waals surface area (Å²) in [4.78, 5) is 17.9. The van der Waals surface area contributed by atoms with Gasteiger partial charge in [-0.25, -0.2) is 4.98 Å². The first-order chi connectivity index (χ1) is 15.4. The fourth-order valence-electron chi connectivity index (χ4n) is 3.30. The maximum absolute atomic E-state index is 13.3. The van der Waals surface area contributed by atoms with Crippen molar-refractivity contribution in [2.45, 2.75) is 0 Å². The Labute approximate surface area is 199 Å². The van der Waals surface area contributed by atoms with Crippen LogP contribution in [-0.4, -0.2) is 21.0 Å². The fraction of sp³-hybridized carbons (Fsp3) is 0. The van der Waals surface area contributed by atoms with E-state index in [-0.39, 0.29) is 22.2 Å². The number of aromatic hydroxyl groups is 1. The molecular weight excluding hydrogens is 517 g/mol. The minimum Gasteiger partial charge on any atom is -0.505 e. The quantitative estimate of drug-likeness (QED) is 0.272. The number of benzene rings is 3. The Bertz CT molecular complexity index is 1590. The average molecular weight is 529 g/mol. The molecule has 2 aromatic heterocycles. The predicted octanol–water partition coefficient (Wildman–Crippen LogP) is 6.47. The molecule has 5 aromatic rings. The highest BCUT2D eigenvalue weighted by Crippen LogP contribution is 2.33. The maximum atomic E-state index is 13.3. The number of furan rings is 1. The standard InChI is InChI=1S/C23H12BrCl2N3O3/c24-16-7-12(8-17(26)21(16)30)11-27-29-22(28-18-4-2-1-3-15(18)23(29)31)20-10-13-9-14(25)5-6-19(13)32-20/h1-11,30H. The van der Waals surface area contributed by atoms with Crippen molar-refractivity contribution in [3.8, 4) is 17.3 Å². The molecule has 0 atom stereocenters. The van der Waals surface area contributed by atoms with E-state index in [1.807, 2.05) is 0 Å². The third-order valence-electron chi connectivity index (χ3n) is 4.81. The van der Waals surface area contributed by atoms with Crippen molar-refractivity contribution in [3.05, 3.63) is 91.1 Å². The highest BCUT2D eigenvalue weighted by Gasteiger charge is 2.16. The van der Waals surface area contributed by atoms with Crippen LogP contribution >= 0.6 is 39.1 Å². The van der Waals surface area contributed by atoms with Crippen molar-refractivity contribution < 1.29 is 9.52 Å². The molecule has 0 bridgehead atoms. The van der Waals surface area contributed by atoms with Crippen molar-refractivity contribution in [1.82, 2.24) is 9.66 Å². The van der Waals surface area contributed by atoms with Gasteiger partial charge >= 0.3 is 0 Å². The van der Waals surface area contributed by atoms with Gasteiger partial charge in [0, 0.05) is 10.4 Å². The monoisotopic (exact) mass is 527 g/mol. The molecule has 6 nitrogen and oxygen atoms in total. The first-order valence-corrected chi connectivity index (χ1v) is 10.9. The molecular formula is C23H12BrCl2N3O3. The number of aromatic nitrogens is 2. The fourth-order valence-corrected chi connectivity index (χ4v) is 4.30. The lowest BCUT2D eigenvalue weighted by molar-refractivity contribution is 0.472. The largest absolute Gasteiger partial charge is 0.505 e. The molecule has 0 saturated heterocycles. The molecule has 0 aliphatic carbocycles. The number of rotatable bonds is 3. The van der Waals surface area contributed by atoms with E-state index >= 15 is 0 Å². The van der Waals surface area contributed by atoms with E-state index in [2.05, 4.69) is 26.0 Å². The minimum absolute atomic E-state index is 0.0741. The van der Waals surface area contributed by atoms with Crippen molar-refractivity contribution in [3.63, 3.8) is 0 Å². The second-order valence-corrected chi connectivity index (χ2v) is 8.64. The van der Waals surface area contributed by atoms with Gasteiger partial charge in [-0.1, -0.05) is 35.3 Å². The molecule has 158 valence electrons. The Morgan fingerprint density at radius 1 is 1.09 bits per heavy atom. The molecule has 2 heterocycles. The first kappa shape index (κ1) is 20.8. The number of phenolic OH excluding ortho intramolecular Hbond substituents is 1. The molecule has 32 heavy (non-hydrogen) atoms. The van der Waals surface area contributed by atoms with Crippen LogP contribution in [0.3, 0.4) is 0 Å². The average Bonchev–Trinajstić information content (AvgIpc) is 3.19. The molecule has 9 heteroatoms. The van der Waals surface area contributed by atoms with Crippen LogP contribution in [0.5, 0.6) is 5.75 Å². The summed E-state index contributed by atoms with van der Waals surface area (Å²) in [6.07, 6.45) is 1.46. The second-order valence-electron chi connectivity index (χ2n) is 6.94. The number of nitrogens with zero attached hydrogens (tertiary/aromatic N) is 3. The number of halogens is 3. The molecule has 0 aliphatic rings. The Hall–Kier alpha value is -3.13. The van der Waals surface area contributed by atoms with Crippen LogP contribution in [0.2, 0.25) is 10.0 Å². The summed E-state index contributed by atoms with van der Waals surface area (Å²) in [5, 5.41) is 16.1. The summed E-state index contributed by atoms with van der Waals surface area (Å²) >= 11 is 15.4. The SMILES string of the molecule is O=c1c2ccccc2nc(-c2cc3cc(Cl)ccc3o2)n1N=Cc1cc(Cl)c(O)c(Br)c1. The zero-order valence-electron chi connectivity index (χ0n) is 16.1. The van der Waals surface area contributed by atoms with Gasteiger partial charge < -0.3 is 9.52 Å². The lowest BCUT2D eigenvalue weighted by Gasteiger charge is -2.07. The van der Waals surface area contributed by atoms with Crippen molar-refractivity contribution >= 4 is 67.2 Å². The van der Waals surface area contributed by atoms with E-state index in [4.69, 9.17) is 27.6 Å². The number of hydrogen-bond acceptors (Lipinski definition) is 5. The van der Waals surface area contributed by atoms with Gasteiger partial charge in [-0.05, 0) is 70.0 Å². The summed E-state index contributed by atoms with van der Waals surface area (Å²) in [7, 11) is 0. The number of fused-ring (bicyclic) bond motifs is 2. The maximum Gasteiger partial charge on any atom is 0.282 e. The van der Waals surface area contributed by atoms with Gasteiger partial charge in [-0.15, -0.1) is 0 Å². The lowest BCUT2D eigenvalue weighted by Crippen LogP contribution is -2.20. The zero-order chi connectivity index (χ0) is 22.4. The highest BCUT2D eigenvalue weighted by molar-refractivity contribution is 9.10. The van der Waals surface area contributed by atoms with Crippen LogP contribution in [0, 0.1) is 0 Å². The Kier molecular flexibility index (Phi) is 5.25. The Morgan fingerprint density at radius 2 is 1.91 bits per heavy atom. The number of hydrogen-bond donors (Lipinski definition) is 1. The minimum atomic E-state index is -0.357. The molecule has 0 fully saturated rings. The molecule has 1 N–H and O–H groups in total. The van der Waals surface area contributed by atoms with Gasteiger partial charge in [-0.2, -0.15) is 9.78 Å². The van der Waals surface area contributed by atoms with Crippen molar-refractivity contribution in [2.75, 3.05) is 0 Å². The van der Waals surface area contributed by atoms with Crippen LogP contribution in [0.15, 0.2) is 79.4 Å². The summed E-state index contributed by atoms with van der Waals surface area (Å²) in [5.41, 5.74) is 1.34. The van der Waals surface area contributed by atoms with Gasteiger partial charge in [0.2, 0.25) is 5.82 Å². The van der Waals surface area contributed by atoms with Crippen LogP contribution in [0.4, 0.5) is 0 Å². The van der Waals surface area contributed by atoms with Crippen molar-refractivity contribution in [1.29, 1.82) is 0 Å². The number of para-hydroxylation sites is 1. The van der Waals surface area contributed by atoms with E-state index in [1.54, 1.807) is 54.6 Å². The normalized spacial score (nSPS) is 11.7. The molecule has 0 spiro atoms. The smallest absolute Gasteiger partial charge is 0.282 e. The van der Waals surface area contributed by atoms with Crippen LogP contribution in [-0.2, 0) is 0 Å². The van der Waals surface area contributed by atoms with E-state index < -0.39 is 0 Å². The lowest BCUT2D eigenvalue weighted by atomic mass is 10.2. The van der Waals surface area contributed by atoms with E-state index in [9.17, 15) is 9.90 Å². The van der Waals surface area contributed by atoms with E-state index in [0.29, 0.717) is 37.3 Å². The van der Waals surface area contributed by atoms with E-state index in [1.165, 1.54) is 17.0 Å². The Balaban J connectivity index is 1.73. The molecule has 0 unspecified atom stereocenters. The van der Waals surface area contributed by atoms with Gasteiger partial charge in [0.1, 0.15) is 11.3 Å². The third-order valence-corrected chi connectivity index (χ3v) is 5.94. The van der Waals surface area contributed by atoms with Crippen LogP contribution in [0.25, 0.3) is 33.5 Å². The van der Waals surface area contributed by atoms with Gasteiger partial charge in [-0.3, -0.25) is 4.79 Å². The first-order valence-electron chi connectivity index (χ1n) is 9.34. The molecule has 3 aromatic carbocycles. The molecule has 5 rings (SSSR count). The summed E-state index contributed by atoms with van der Waals surface area (Å²) < 4.78 is 7.53. The summed E-state index contributed by atoms with van der Waals surface area (Å²) in [5.74, 6) is 0.531. The van der Waals surface area contributed by atoms with Crippen LogP contribution < -0.4 is 5.56 Å². The zero-order valence-corrected chi connectivity index (χ0v) is 19.2. The molecule has 0 radical (unpaired) electrons. The van der Waals surface area contributed by atoms with Gasteiger partial charge in [0.05, 0.1) is 26.6 Å².